The summed E-state index contributed by atoms with van der Waals surface area (Å²) in [5.41, 5.74) is 4.38. The number of H-pyrrole nitrogens is 1. The summed E-state index contributed by atoms with van der Waals surface area (Å²) in [6, 6.07) is 25.1. The van der Waals surface area contributed by atoms with E-state index in [1.807, 2.05) is 12.1 Å². The second-order valence-electron chi connectivity index (χ2n) is 7.65. The van der Waals surface area contributed by atoms with Gasteiger partial charge in [-0.2, -0.15) is 0 Å². The van der Waals surface area contributed by atoms with Crippen molar-refractivity contribution in [2.75, 3.05) is 6.54 Å². The molecular weight excluding hydrogens is 388 g/mol. The van der Waals surface area contributed by atoms with Gasteiger partial charge in [-0.3, -0.25) is 0 Å². The molecule has 1 atom stereocenters. The fourth-order valence-electron chi connectivity index (χ4n) is 4.19. The quantitative estimate of drug-likeness (QED) is 0.348. The fraction of sp³-hybridized carbons (Fsp3) is 0.115. The normalized spacial score (nSPS) is 12.4. The van der Waals surface area contributed by atoms with Gasteiger partial charge in [0.15, 0.2) is 0 Å². The molecule has 5 rings (SSSR count). The van der Waals surface area contributed by atoms with Crippen molar-refractivity contribution < 1.29 is 9.52 Å². The van der Waals surface area contributed by atoms with Crippen LogP contribution >= 0.6 is 0 Å². The SMILES string of the molecule is O=c1cc(CNC[C@@H](c2ccccc2)c2c[nH]c3ccccc23)c2ccc(O)cc2o1. The van der Waals surface area contributed by atoms with Gasteiger partial charge in [0.2, 0.25) is 0 Å². The van der Waals surface area contributed by atoms with Crippen molar-refractivity contribution in [3.8, 4) is 5.75 Å². The Balaban J connectivity index is 1.45. The molecule has 0 spiro atoms. The lowest BCUT2D eigenvalue weighted by Crippen LogP contribution is -2.22. The minimum atomic E-state index is -0.425. The number of hydrogen-bond donors (Lipinski definition) is 3. The first-order valence-electron chi connectivity index (χ1n) is 10.3. The summed E-state index contributed by atoms with van der Waals surface area (Å²) in [6.45, 7) is 1.21. The van der Waals surface area contributed by atoms with Crippen molar-refractivity contribution >= 4 is 21.9 Å². The highest BCUT2D eigenvalue weighted by Gasteiger charge is 2.18. The summed E-state index contributed by atoms with van der Waals surface area (Å²) in [5, 5.41) is 15.2. The number of benzene rings is 3. The van der Waals surface area contributed by atoms with E-state index in [4.69, 9.17) is 4.42 Å². The topological polar surface area (TPSA) is 78.3 Å². The van der Waals surface area contributed by atoms with Crippen molar-refractivity contribution in [3.63, 3.8) is 0 Å². The van der Waals surface area contributed by atoms with Gasteiger partial charge in [-0.05, 0) is 34.9 Å². The van der Waals surface area contributed by atoms with E-state index in [-0.39, 0.29) is 11.7 Å². The molecule has 5 aromatic rings. The number of aromatic nitrogens is 1. The van der Waals surface area contributed by atoms with Gasteiger partial charge >= 0.3 is 5.63 Å². The van der Waals surface area contributed by atoms with Crippen molar-refractivity contribution in [3.05, 3.63) is 112 Å². The van der Waals surface area contributed by atoms with Crippen molar-refractivity contribution in [2.45, 2.75) is 12.5 Å². The molecule has 3 N–H and O–H groups in total. The molecule has 5 heteroatoms. The van der Waals surface area contributed by atoms with Crippen molar-refractivity contribution in [1.82, 2.24) is 10.3 Å². The zero-order chi connectivity index (χ0) is 21.2. The first-order chi connectivity index (χ1) is 15.2. The fourth-order valence-corrected chi connectivity index (χ4v) is 4.19. The minimum Gasteiger partial charge on any atom is -0.508 e. The summed E-state index contributed by atoms with van der Waals surface area (Å²) in [7, 11) is 0. The number of phenols is 1. The lowest BCUT2D eigenvalue weighted by Gasteiger charge is -2.18. The number of hydrogen-bond acceptors (Lipinski definition) is 4. The predicted molar refractivity (Wildman–Crippen MR) is 122 cm³/mol. The van der Waals surface area contributed by atoms with Gasteiger partial charge < -0.3 is 19.8 Å². The Kier molecular flexibility index (Phi) is 5.02. The molecular formula is C26H22N2O3. The van der Waals surface area contributed by atoms with Crippen LogP contribution in [-0.4, -0.2) is 16.6 Å². The van der Waals surface area contributed by atoms with E-state index in [1.165, 1.54) is 28.6 Å². The van der Waals surface area contributed by atoms with Crippen LogP contribution in [0.1, 0.15) is 22.6 Å². The first kappa shape index (κ1) is 19.2. The molecule has 2 heterocycles. The number of nitrogens with one attached hydrogen (secondary N) is 2. The molecule has 5 nitrogen and oxygen atoms in total. The third kappa shape index (κ3) is 3.83. The monoisotopic (exact) mass is 410 g/mol. The van der Waals surface area contributed by atoms with Crippen LogP contribution in [0.15, 0.2) is 94.3 Å². The summed E-state index contributed by atoms with van der Waals surface area (Å²) in [4.78, 5) is 15.4. The molecule has 0 aliphatic heterocycles. The molecule has 0 bridgehead atoms. The van der Waals surface area contributed by atoms with Gasteiger partial charge in [-0.25, -0.2) is 4.79 Å². The molecule has 0 aliphatic rings. The number of para-hydroxylation sites is 1. The van der Waals surface area contributed by atoms with E-state index in [2.05, 4.69) is 59.0 Å². The highest BCUT2D eigenvalue weighted by atomic mass is 16.4. The molecule has 2 aromatic heterocycles. The Bertz CT molecular complexity index is 1400. The van der Waals surface area contributed by atoms with Gasteiger partial charge in [0.25, 0.3) is 0 Å². The number of aromatic hydroxyl groups is 1. The molecule has 31 heavy (non-hydrogen) atoms. The van der Waals surface area contributed by atoms with Crippen LogP contribution in [0.5, 0.6) is 5.75 Å². The first-order valence-corrected chi connectivity index (χ1v) is 10.3. The van der Waals surface area contributed by atoms with Crippen LogP contribution in [-0.2, 0) is 6.54 Å². The van der Waals surface area contributed by atoms with E-state index in [9.17, 15) is 9.90 Å². The number of fused-ring (bicyclic) bond motifs is 2. The maximum Gasteiger partial charge on any atom is 0.336 e. The van der Waals surface area contributed by atoms with E-state index >= 15 is 0 Å². The smallest absolute Gasteiger partial charge is 0.336 e. The lowest BCUT2D eigenvalue weighted by molar-refractivity contribution is 0.473. The van der Waals surface area contributed by atoms with E-state index in [1.54, 1.807) is 12.1 Å². The number of phenolic OH excluding ortho intramolecular Hbond substituents is 1. The summed E-state index contributed by atoms with van der Waals surface area (Å²) >= 11 is 0. The minimum absolute atomic E-state index is 0.0734. The summed E-state index contributed by atoms with van der Waals surface area (Å²) in [6.07, 6.45) is 2.08. The lowest BCUT2D eigenvalue weighted by atomic mass is 9.91. The molecule has 0 saturated carbocycles. The molecule has 0 unspecified atom stereocenters. The van der Waals surface area contributed by atoms with Crippen LogP contribution in [0.2, 0.25) is 0 Å². The van der Waals surface area contributed by atoms with Crippen molar-refractivity contribution in [1.29, 1.82) is 0 Å². The number of rotatable bonds is 6. The Labute approximate surface area is 179 Å². The van der Waals surface area contributed by atoms with Crippen LogP contribution in [0.3, 0.4) is 0 Å². The highest BCUT2D eigenvalue weighted by molar-refractivity contribution is 5.84. The van der Waals surface area contributed by atoms with Gasteiger partial charge in [0.1, 0.15) is 11.3 Å². The average molecular weight is 410 g/mol. The van der Waals surface area contributed by atoms with E-state index in [0.29, 0.717) is 18.7 Å². The zero-order valence-corrected chi connectivity index (χ0v) is 16.8. The van der Waals surface area contributed by atoms with Crippen LogP contribution in [0.25, 0.3) is 21.9 Å². The Morgan fingerprint density at radius 1 is 0.935 bits per heavy atom. The zero-order valence-electron chi connectivity index (χ0n) is 16.8. The van der Waals surface area contributed by atoms with Crippen LogP contribution in [0.4, 0.5) is 0 Å². The third-order valence-electron chi connectivity index (χ3n) is 5.68. The van der Waals surface area contributed by atoms with E-state index < -0.39 is 5.63 Å². The number of aromatic amines is 1. The summed E-state index contributed by atoms with van der Waals surface area (Å²) in [5.74, 6) is 0.219. The molecule has 154 valence electrons. The Morgan fingerprint density at radius 2 is 1.74 bits per heavy atom. The maximum absolute atomic E-state index is 12.0. The van der Waals surface area contributed by atoms with Crippen LogP contribution in [0, 0.1) is 0 Å². The standard InChI is InChI=1S/C26H22N2O3/c29-19-10-11-20-18(12-26(30)31-25(20)13-19)14-27-15-22(17-6-2-1-3-7-17)23-16-28-24-9-5-4-8-21(23)24/h1-13,16,22,27-29H,14-15H2/t22-/m0/s1. The maximum atomic E-state index is 12.0. The van der Waals surface area contributed by atoms with E-state index in [0.717, 1.165) is 16.5 Å². The predicted octanol–water partition coefficient (Wildman–Crippen LogP) is 4.90. The molecule has 0 aliphatic carbocycles. The second-order valence-corrected chi connectivity index (χ2v) is 7.65. The third-order valence-corrected chi connectivity index (χ3v) is 5.68. The van der Waals surface area contributed by atoms with Gasteiger partial charge in [-0.15, -0.1) is 0 Å². The van der Waals surface area contributed by atoms with Gasteiger partial charge in [0.05, 0.1) is 0 Å². The largest absolute Gasteiger partial charge is 0.508 e. The Hall–Kier alpha value is -3.83. The van der Waals surface area contributed by atoms with Crippen LogP contribution < -0.4 is 10.9 Å². The van der Waals surface area contributed by atoms with Crippen molar-refractivity contribution in [2.24, 2.45) is 0 Å². The summed E-state index contributed by atoms with van der Waals surface area (Å²) < 4.78 is 5.24. The molecule has 0 fully saturated rings. The van der Waals surface area contributed by atoms with Gasteiger partial charge in [0, 0.05) is 53.6 Å². The molecule has 0 radical (unpaired) electrons. The average Bonchev–Trinajstić information content (AvgIpc) is 3.21. The van der Waals surface area contributed by atoms with Gasteiger partial charge in [-0.1, -0.05) is 48.5 Å². The molecule has 0 amide bonds. The molecule has 0 saturated heterocycles. The highest BCUT2D eigenvalue weighted by Crippen LogP contribution is 2.30. The second kappa shape index (κ2) is 8.13. The molecule has 3 aromatic carbocycles. The Morgan fingerprint density at radius 3 is 2.61 bits per heavy atom.